The molecular formula is C34H42N6S3. The number of fused-ring (bicyclic) bond motifs is 3. The smallest absolute Gasteiger partial charge is 0.137 e. The van der Waals surface area contributed by atoms with Crippen molar-refractivity contribution in [3.63, 3.8) is 0 Å². The molecule has 3 aromatic carbocycles. The van der Waals surface area contributed by atoms with Crippen LogP contribution in [0.5, 0.6) is 0 Å². The number of H-pyrrole nitrogens is 3. The Balaban J connectivity index is 0.000000213. The van der Waals surface area contributed by atoms with E-state index in [1.165, 1.54) is 5.56 Å². The highest BCUT2D eigenvalue weighted by molar-refractivity contribution is 7.72. The largest absolute Gasteiger partial charge is 0.343 e. The second-order valence-electron chi connectivity index (χ2n) is 9.48. The second kappa shape index (κ2) is 17.5. The van der Waals surface area contributed by atoms with Gasteiger partial charge in [0, 0.05) is 38.6 Å². The monoisotopic (exact) mass is 630 g/mol. The number of aromatic amines is 3. The molecule has 0 saturated heterocycles. The first-order chi connectivity index (χ1) is 20.6. The van der Waals surface area contributed by atoms with Gasteiger partial charge in [0.2, 0.25) is 0 Å². The van der Waals surface area contributed by atoms with Crippen molar-refractivity contribution in [1.29, 1.82) is 0 Å². The van der Waals surface area contributed by atoms with Gasteiger partial charge in [0.25, 0.3) is 0 Å². The third-order valence-corrected chi connectivity index (χ3v) is 6.86. The minimum atomic E-state index is 0.376. The minimum absolute atomic E-state index is 0.376. The zero-order valence-corrected chi connectivity index (χ0v) is 28.9. The fraction of sp³-hybridized carbons (Fsp3) is 0.294. The Bertz CT molecular complexity index is 1950. The number of aryl methyl sites for hydroxylation is 3. The van der Waals surface area contributed by atoms with Crippen LogP contribution in [0.1, 0.15) is 70.5 Å². The third kappa shape index (κ3) is 9.95. The summed E-state index contributed by atoms with van der Waals surface area (Å²) in [5.74, 6) is 3.05. The summed E-state index contributed by atoms with van der Waals surface area (Å²) in [7, 11) is 0. The van der Waals surface area contributed by atoms with Crippen molar-refractivity contribution in [2.24, 2.45) is 0 Å². The highest BCUT2D eigenvalue weighted by Gasteiger charge is 2.03. The van der Waals surface area contributed by atoms with E-state index in [-0.39, 0.29) is 0 Å². The fourth-order valence-electron chi connectivity index (χ4n) is 3.98. The molecule has 0 saturated carbocycles. The van der Waals surface area contributed by atoms with E-state index in [9.17, 15) is 0 Å². The topological polar surface area (TPSA) is 86.0 Å². The molecular weight excluding hydrogens is 589 g/mol. The van der Waals surface area contributed by atoms with Gasteiger partial charge in [-0.2, -0.15) is 0 Å². The summed E-state index contributed by atoms with van der Waals surface area (Å²) < 4.78 is 2.02. The average Bonchev–Trinajstić information content (AvgIpc) is 2.99. The molecule has 0 atom stereocenters. The minimum Gasteiger partial charge on any atom is -0.343 e. The maximum absolute atomic E-state index is 5.23. The zero-order chi connectivity index (χ0) is 32.1. The standard InChI is InChI=1S/C11H12N2S.C10H10N2S.C9H8N2S.2C2H6/c1-7(2)10-12-9-6-4-3-5-8(9)11(14)13-10;1-6-3-4-8-9(5-6)11-7(2)12-10(8)13;1-6-10-8-5-3-2-4-7(8)9(12)11-6;2*1-2/h3-7H,1-2H3,(H,12,13,14);3-5H,1-2H3,(H,11,12,13);2-5H,1H3,(H,10,11,12);2*1-2H3. The lowest BCUT2D eigenvalue weighted by atomic mass is 10.2. The Kier molecular flexibility index (Phi) is 14.4. The highest BCUT2D eigenvalue weighted by atomic mass is 32.1. The molecule has 6 nitrogen and oxygen atoms in total. The lowest BCUT2D eigenvalue weighted by molar-refractivity contribution is 0.780. The Morgan fingerprint density at radius 1 is 0.535 bits per heavy atom. The predicted molar refractivity (Wildman–Crippen MR) is 192 cm³/mol. The molecule has 0 radical (unpaired) electrons. The number of para-hydroxylation sites is 2. The van der Waals surface area contributed by atoms with Crippen LogP contribution in [0.25, 0.3) is 32.7 Å². The third-order valence-electron chi connectivity index (χ3n) is 5.92. The number of hydrogen-bond acceptors (Lipinski definition) is 6. The number of hydrogen-bond donors (Lipinski definition) is 3. The first kappa shape index (κ1) is 35.5. The van der Waals surface area contributed by atoms with Crippen LogP contribution in [0, 0.1) is 34.7 Å². The molecule has 0 spiro atoms. The van der Waals surface area contributed by atoms with Gasteiger partial charge in [0.1, 0.15) is 31.4 Å². The van der Waals surface area contributed by atoms with Gasteiger partial charge in [-0.25, -0.2) is 15.0 Å². The van der Waals surface area contributed by atoms with E-state index < -0.39 is 0 Å². The van der Waals surface area contributed by atoms with Gasteiger partial charge in [0.05, 0.1) is 0 Å². The first-order valence-corrected chi connectivity index (χ1v) is 15.8. The van der Waals surface area contributed by atoms with Gasteiger partial charge in [0.15, 0.2) is 0 Å². The van der Waals surface area contributed by atoms with Crippen LogP contribution in [-0.4, -0.2) is 29.9 Å². The van der Waals surface area contributed by atoms with Crippen molar-refractivity contribution in [2.45, 2.75) is 68.2 Å². The summed E-state index contributed by atoms with van der Waals surface area (Å²) in [5, 5.41) is 3.05. The van der Waals surface area contributed by atoms with Gasteiger partial charge in [-0.15, -0.1) is 0 Å². The number of rotatable bonds is 1. The molecule has 0 unspecified atom stereocenters. The zero-order valence-electron chi connectivity index (χ0n) is 26.5. The van der Waals surface area contributed by atoms with E-state index in [0.717, 1.165) is 50.2 Å². The molecule has 3 heterocycles. The van der Waals surface area contributed by atoms with Gasteiger partial charge >= 0.3 is 0 Å². The van der Waals surface area contributed by atoms with E-state index >= 15 is 0 Å². The SMILES string of the molecule is CC.CC.CC(C)c1nc(=S)c2ccccc2[nH]1.Cc1ccc2c(=S)nc(C)[nH]c2c1.Cc1nc(=S)c2ccccc2[nH]1. The first-order valence-electron chi connectivity index (χ1n) is 14.5. The Morgan fingerprint density at radius 3 is 1.47 bits per heavy atom. The van der Waals surface area contributed by atoms with E-state index in [4.69, 9.17) is 36.7 Å². The molecule has 0 fully saturated rings. The van der Waals surface area contributed by atoms with Crippen LogP contribution >= 0.6 is 36.7 Å². The summed E-state index contributed by atoms with van der Waals surface area (Å²) in [6.45, 7) is 18.1. The summed E-state index contributed by atoms with van der Waals surface area (Å²) in [5.41, 5.74) is 4.41. The van der Waals surface area contributed by atoms with Gasteiger partial charge < -0.3 is 15.0 Å². The molecule has 0 aliphatic carbocycles. The maximum atomic E-state index is 5.23. The Hall–Kier alpha value is -3.66. The van der Waals surface area contributed by atoms with Crippen molar-refractivity contribution in [1.82, 2.24) is 29.9 Å². The van der Waals surface area contributed by atoms with E-state index in [1.807, 2.05) is 102 Å². The van der Waals surface area contributed by atoms with Crippen molar-refractivity contribution in [2.75, 3.05) is 0 Å². The van der Waals surface area contributed by atoms with Crippen molar-refractivity contribution < 1.29 is 0 Å². The van der Waals surface area contributed by atoms with Crippen molar-refractivity contribution in [3.05, 3.63) is 104 Å². The Morgan fingerprint density at radius 2 is 0.953 bits per heavy atom. The molecule has 9 heteroatoms. The average molecular weight is 631 g/mol. The molecule has 6 rings (SSSR count). The summed E-state index contributed by atoms with van der Waals surface area (Å²) in [6.07, 6.45) is 0. The molecule has 6 aromatic rings. The van der Waals surface area contributed by atoms with Gasteiger partial charge in [-0.05, 0) is 62.7 Å². The van der Waals surface area contributed by atoms with Crippen LogP contribution in [0.15, 0.2) is 66.7 Å². The Labute approximate surface area is 270 Å². The van der Waals surface area contributed by atoms with E-state index in [2.05, 4.69) is 56.7 Å². The predicted octanol–water partition coefficient (Wildman–Crippen LogP) is 11.0. The number of nitrogens with zero attached hydrogens (tertiary/aromatic N) is 3. The number of aromatic nitrogens is 6. The fourth-order valence-corrected chi connectivity index (χ4v) is 4.89. The number of nitrogens with one attached hydrogen (secondary N) is 3. The summed E-state index contributed by atoms with van der Waals surface area (Å²) in [6, 6.07) is 22.0. The molecule has 0 aliphatic heterocycles. The molecule has 3 N–H and O–H groups in total. The van der Waals surface area contributed by atoms with Crippen LogP contribution in [0.2, 0.25) is 0 Å². The molecule has 0 amide bonds. The van der Waals surface area contributed by atoms with E-state index in [1.54, 1.807) is 0 Å². The normalized spacial score (nSPS) is 10.0. The molecule has 226 valence electrons. The second-order valence-corrected chi connectivity index (χ2v) is 10.6. The van der Waals surface area contributed by atoms with Crippen LogP contribution in [0.3, 0.4) is 0 Å². The van der Waals surface area contributed by atoms with Crippen LogP contribution in [0.4, 0.5) is 0 Å². The van der Waals surface area contributed by atoms with Crippen molar-refractivity contribution >= 4 is 69.4 Å². The van der Waals surface area contributed by atoms with Crippen LogP contribution < -0.4 is 0 Å². The lowest BCUT2D eigenvalue weighted by Gasteiger charge is -2.06. The number of benzene rings is 3. The highest BCUT2D eigenvalue weighted by Crippen LogP contribution is 2.16. The maximum Gasteiger partial charge on any atom is 0.137 e. The molecule has 0 bridgehead atoms. The summed E-state index contributed by atoms with van der Waals surface area (Å²) in [4.78, 5) is 22.3. The summed E-state index contributed by atoms with van der Waals surface area (Å²) >= 11 is 15.5. The van der Waals surface area contributed by atoms with Crippen molar-refractivity contribution in [3.8, 4) is 0 Å². The molecule has 0 aliphatic rings. The van der Waals surface area contributed by atoms with Gasteiger partial charge in [-0.3, -0.25) is 0 Å². The molecule has 3 aromatic heterocycles. The lowest BCUT2D eigenvalue weighted by Crippen LogP contribution is -1.97. The van der Waals surface area contributed by atoms with Gasteiger partial charge in [-0.1, -0.05) is 109 Å². The van der Waals surface area contributed by atoms with E-state index in [0.29, 0.717) is 19.8 Å². The quantitative estimate of drug-likeness (QED) is 0.157. The van der Waals surface area contributed by atoms with Crippen LogP contribution in [-0.2, 0) is 0 Å². The molecule has 43 heavy (non-hydrogen) atoms.